The van der Waals surface area contributed by atoms with Crippen molar-refractivity contribution in [2.24, 2.45) is 0 Å². The van der Waals surface area contributed by atoms with Crippen LogP contribution >= 0.6 is 0 Å². The number of alkyl halides is 5. The molecule has 0 amide bonds. The molecule has 0 spiro atoms. The van der Waals surface area contributed by atoms with E-state index in [9.17, 15) is 26.7 Å². The Morgan fingerprint density at radius 3 is 1.84 bits per heavy atom. The first-order valence-corrected chi connectivity index (χ1v) is 6.35. The number of rotatable bonds is 9. The van der Waals surface area contributed by atoms with Crippen LogP contribution in [-0.4, -0.2) is 24.7 Å². The summed E-state index contributed by atoms with van der Waals surface area (Å²) >= 11 is 0. The van der Waals surface area contributed by atoms with Crippen LogP contribution in [0.25, 0.3) is 0 Å². The molecular formula is C12H19F5O2. The zero-order valence-corrected chi connectivity index (χ0v) is 10.9. The lowest BCUT2D eigenvalue weighted by molar-refractivity contribution is -0.280. The van der Waals surface area contributed by atoms with Crippen LogP contribution in [0.2, 0.25) is 0 Å². The van der Waals surface area contributed by atoms with Crippen LogP contribution < -0.4 is 0 Å². The third kappa shape index (κ3) is 6.73. The van der Waals surface area contributed by atoms with E-state index in [1.165, 1.54) is 0 Å². The van der Waals surface area contributed by atoms with Gasteiger partial charge in [-0.15, -0.1) is 0 Å². The molecule has 0 atom stereocenters. The molecule has 0 unspecified atom stereocenters. The van der Waals surface area contributed by atoms with Gasteiger partial charge in [-0.05, 0) is 6.42 Å². The van der Waals surface area contributed by atoms with Gasteiger partial charge in [0.2, 0.25) is 0 Å². The Morgan fingerprint density at radius 2 is 1.37 bits per heavy atom. The fraction of sp³-hybridized carbons (Fsp3) is 0.917. The van der Waals surface area contributed by atoms with Crippen molar-refractivity contribution in [1.82, 2.24) is 0 Å². The molecule has 0 N–H and O–H groups in total. The second kappa shape index (κ2) is 8.32. The number of ether oxygens (including phenoxy) is 1. The second-order valence-corrected chi connectivity index (χ2v) is 4.33. The van der Waals surface area contributed by atoms with Crippen molar-refractivity contribution in [3.05, 3.63) is 0 Å². The van der Waals surface area contributed by atoms with Gasteiger partial charge in [0.1, 0.15) is 0 Å². The van der Waals surface area contributed by atoms with Gasteiger partial charge in [0.15, 0.2) is 0 Å². The summed E-state index contributed by atoms with van der Waals surface area (Å²) in [5, 5.41) is 0. The Hall–Kier alpha value is -0.880. The topological polar surface area (TPSA) is 26.3 Å². The Balaban J connectivity index is 3.70. The number of halogens is 5. The average molecular weight is 290 g/mol. The van der Waals surface area contributed by atoms with E-state index in [2.05, 4.69) is 11.7 Å². The number of esters is 1. The van der Waals surface area contributed by atoms with Crippen molar-refractivity contribution in [1.29, 1.82) is 0 Å². The normalized spacial score (nSPS) is 12.5. The van der Waals surface area contributed by atoms with Crippen LogP contribution in [0.15, 0.2) is 0 Å². The Labute approximate surface area is 109 Å². The molecule has 0 radical (unpaired) electrons. The van der Waals surface area contributed by atoms with Crippen molar-refractivity contribution in [2.45, 2.75) is 64.0 Å². The monoisotopic (exact) mass is 290 g/mol. The summed E-state index contributed by atoms with van der Waals surface area (Å²) in [5.41, 5.74) is 0. The maximum absolute atomic E-state index is 12.4. The van der Waals surface area contributed by atoms with Crippen molar-refractivity contribution >= 4 is 5.97 Å². The lowest BCUT2D eigenvalue weighted by Gasteiger charge is -2.17. The minimum absolute atomic E-state index is 0.297. The highest BCUT2D eigenvalue weighted by atomic mass is 19.4. The van der Waals surface area contributed by atoms with Crippen molar-refractivity contribution in [3.63, 3.8) is 0 Å². The number of unbranched alkanes of at least 4 members (excludes halogenated alkanes) is 6. The predicted octanol–water partition coefficient (Wildman–Crippen LogP) is 4.48. The first kappa shape index (κ1) is 18.1. The molecular weight excluding hydrogens is 271 g/mol. The van der Waals surface area contributed by atoms with E-state index in [0.717, 1.165) is 32.1 Å². The van der Waals surface area contributed by atoms with Gasteiger partial charge in [-0.25, -0.2) is 4.79 Å². The van der Waals surface area contributed by atoms with Gasteiger partial charge >= 0.3 is 18.1 Å². The lowest BCUT2D eigenvalue weighted by Crippen LogP contribution is -2.45. The molecule has 0 aromatic heterocycles. The molecule has 0 saturated heterocycles. The van der Waals surface area contributed by atoms with Crippen LogP contribution in [0, 0.1) is 0 Å². The Bertz CT molecular complexity index is 263. The zero-order valence-electron chi connectivity index (χ0n) is 10.9. The quantitative estimate of drug-likeness (QED) is 0.355. The van der Waals surface area contributed by atoms with Gasteiger partial charge in [-0.3, -0.25) is 0 Å². The molecule has 0 aliphatic rings. The maximum Gasteiger partial charge on any atom is 0.465 e. The molecule has 19 heavy (non-hydrogen) atoms. The third-order valence-electron chi connectivity index (χ3n) is 2.59. The summed E-state index contributed by atoms with van der Waals surface area (Å²) < 4.78 is 64.2. The average Bonchev–Trinajstić information content (AvgIpc) is 2.30. The molecule has 0 aromatic carbocycles. The van der Waals surface area contributed by atoms with E-state index < -0.39 is 24.7 Å². The maximum atomic E-state index is 12.4. The van der Waals surface area contributed by atoms with Gasteiger partial charge in [-0.2, -0.15) is 22.0 Å². The van der Waals surface area contributed by atoms with Crippen LogP contribution in [0.1, 0.15) is 51.9 Å². The molecule has 0 rings (SSSR count). The summed E-state index contributed by atoms with van der Waals surface area (Å²) in [6.07, 6.45) is 0.178. The molecule has 0 saturated carbocycles. The fourth-order valence-corrected chi connectivity index (χ4v) is 1.43. The summed E-state index contributed by atoms with van der Waals surface area (Å²) in [6, 6.07) is 0. The standard InChI is InChI=1S/C12H19F5O2/c1-2-3-4-5-6-7-8-9-19-10(18)11(13,14)12(15,16)17/h2-9H2,1H3. The molecule has 2 nitrogen and oxygen atoms in total. The van der Waals surface area contributed by atoms with Gasteiger partial charge in [0.05, 0.1) is 6.61 Å². The summed E-state index contributed by atoms with van der Waals surface area (Å²) in [5.74, 6) is -7.94. The first-order valence-electron chi connectivity index (χ1n) is 6.35. The van der Waals surface area contributed by atoms with Crippen LogP contribution in [0.3, 0.4) is 0 Å². The number of carbonyl (C=O) groups is 1. The molecule has 114 valence electrons. The lowest BCUT2D eigenvalue weighted by atomic mass is 10.1. The minimum Gasteiger partial charge on any atom is -0.461 e. The highest BCUT2D eigenvalue weighted by molar-refractivity contribution is 5.78. The summed E-state index contributed by atoms with van der Waals surface area (Å²) in [4.78, 5) is 10.6. The van der Waals surface area contributed by atoms with E-state index in [-0.39, 0.29) is 0 Å². The summed E-state index contributed by atoms with van der Waals surface area (Å²) in [6.45, 7) is 1.67. The van der Waals surface area contributed by atoms with Gasteiger partial charge in [0.25, 0.3) is 0 Å². The van der Waals surface area contributed by atoms with E-state index in [4.69, 9.17) is 0 Å². The highest BCUT2D eigenvalue weighted by Crippen LogP contribution is 2.36. The molecule has 0 aliphatic carbocycles. The molecule has 7 heteroatoms. The van der Waals surface area contributed by atoms with Crippen molar-refractivity contribution in [3.8, 4) is 0 Å². The van der Waals surface area contributed by atoms with E-state index in [0.29, 0.717) is 12.8 Å². The van der Waals surface area contributed by atoms with Gasteiger partial charge in [-0.1, -0.05) is 45.4 Å². The zero-order chi connectivity index (χ0) is 14.9. The molecule has 0 aromatic rings. The SMILES string of the molecule is CCCCCCCCCOC(=O)C(F)(F)C(F)(F)F. The molecule has 0 heterocycles. The van der Waals surface area contributed by atoms with Crippen LogP contribution in [0.5, 0.6) is 0 Å². The number of carbonyl (C=O) groups excluding carboxylic acids is 1. The fourth-order valence-electron chi connectivity index (χ4n) is 1.43. The third-order valence-corrected chi connectivity index (χ3v) is 2.59. The van der Waals surface area contributed by atoms with Gasteiger partial charge in [0, 0.05) is 0 Å². The largest absolute Gasteiger partial charge is 0.465 e. The number of hydrogen-bond donors (Lipinski definition) is 0. The summed E-state index contributed by atoms with van der Waals surface area (Å²) in [7, 11) is 0. The van der Waals surface area contributed by atoms with E-state index >= 15 is 0 Å². The predicted molar refractivity (Wildman–Crippen MR) is 60.0 cm³/mol. The first-order chi connectivity index (χ1) is 8.73. The second-order valence-electron chi connectivity index (χ2n) is 4.33. The van der Waals surface area contributed by atoms with Crippen molar-refractivity contribution < 1.29 is 31.5 Å². The van der Waals surface area contributed by atoms with Gasteiger partial charge < -0.3 is 4.74 Å². The molecule has 0 fully saturated rings. The highest BCUT2D eigenvalue weighted by Gasteiger charge is 2.64. The Kier molecular flexibility index (Phi) is 7.94. The molecule has 0 aliphatic heterocycles. The van der Waals surface area contributed by atoms with E-state index in [1.807, 2.05) is 0 Å². The van der Waals surface area contributed by atoms with Crippen molar-refractivity contribution in [2.75, 3.05) is 6.61 Å². The van der Waals surface area contributed by atoms with Crippen LogP contribution in [-0.2, 0) is 9.53 Å². The molecule has 0 bridgehead atoms. The Morgan fingerprint density at radius 1 is 0.895 bits per heavy atom. The number of hydrogen-bond acceptors (Lipinski definition) is 2. The van der Waals surface area contributed by atoms with E-state index in [1.54, 1.807) is 0 Å². The van der Waals surface area contributed by atoms with Crippen LogP contribution in [0.4, 0.5) is 22.0 Å². The smallest absolute Gasteiger partial charge is 0.461 e. The minimum atomic E-state index is -5.90.